The summed E-state index contributed by atoms with van der Waals surface area (Å²) in [5.74, 6) is 0.858. The van der Waals surface area contributed by atoms with E-state index in [-0.39, 0.29) is 23.7 Å². The average molecular weight is 540 g/mol. The Kier molecular flexibility index (Phi) is 13.0. The van der Waals surface area contributed by atoms with Crippen LogP contribution in [0.1, 0.15) is 81.7 Å². The molecule has 0 aliphatic rings. The topological polar surface area (TPSA) is 89.8 Å². The maximum Gasteiger partial charge on any atom is 0.277 e. The van der Waals surface area contributed by atoms with Gasteiger partial charge in [-0.15, -0.1) is 0 Å². The molecule has 2 aromatic heterocycles. The van der Waals surface area contributed by atoms with E-state index in [1.807, 2.05) is 4.57 Å². The minimum atomic E-state index is -0.317. The summed E-state index contributed by atoms with van der Waals surface area (Å²) in [7, 11) is 0. The molecular formula is C29H38FN5O2S. The molecule has 3 rings (SSSR count). The molecule has 0 fully saturated rings. The third-order valence-electron chi connectivity index (χ3n) is 6.18. The SMILES string of the molecule is CCCCCCCCCNC(=O)CCCn1cc(Cc2ncccn2)c(=O)nc1SCc1ccc(F)cc1. The number of halogens is 1. The molecule has 2 heterocycles. The number of thioether (sulfide) groups is 1. The monoisotopic (exact) mass is 539 g/mol. The zero-order valence-electron chi connectivity index (χ0n) is 22.2. The van der Waals surface area contributed by atoms with E-state index in [9.17, 15) is 14.0 Å². The predicted octanol–water partition coefficient (Wildman–Crippen LogP) is 5.70. The zero-order chi connectivity index (χ0) is 27.0. The highest BCUT2D eigenvalue weighted by atomic mass is 32.2. The van der Waals surface area contributed by atoms with E-state index in [1.54, 1.807) is 36.8 Å². The van der Waals surface area contributed by atoms with Gasteiger partial charge >= 0.3 is 0 Å². The molecule has 0 aliphatic carbocycles. The van der Waals surface area contributed by atoms with Gasteiger partial charge in [0.2, 0.25) is 5.91 Å². The molecular weight excluding hydrogens is 501 g/mol. The second kappa shape index (κ2) is 16.7. The van der Waals surface area contributed by atoms with Crippen molar-refractivity contribution >= 4 is 17.7 Å². The Hall–Kier alpha value is -3.07. The van der Waals surface area contributed by atoms with Gasteiger partial charge in [-0.05, 0) is 36.6 Å². The second-order valence-corrected chi connectivity index (χ2v) is 10.3. The Bertz CT molecular complexity index is 1170. The molecule has 9 heteroatoms. The van der Waals surface area contributed by atoms with E-state index in [2.05, 4.69) is 27.2 Å². The van der Waals surface area contributed by atoms with E-state index >= 15 is 0 Å². The molecule has 0 bridgehead atoms. The van der Waals surface area contributed by atoms with Gasteiger partial charge in [-0.25, -0.2) is 14.4 Å². The number of aryl methyl sites for hydroxylation is 1. The van der Waals surface area contributed by atoms with Crippen LogP contribution in [-0.4, -0.2) is 32.0 Å². The lowest BCUT2D eigenvalue weighted by atomic mass is 10.1. The fourth-order valence-electron chi connectivity index (χ4n) is 4.05. The predicted molar refractivity (Wildman–Crippen MR) is 150 cm³/mol. The molecule has 3 aromatic rings. The Balaban J connectivity index is 1.55. The van der Waals surface area contributed by atoms with Gasteiger partial charge in [-0.1, -0.05) is 69.3 Å². The summed E-state index contributed by atoms with van der Waals surface area (Å²) in [6, 6.07) is 8.02. The van der Waals surface area contributed by atoms with Crippen LogP contribution in [0, 0.1) is 5.82 Å². The average Bonchev–Trinajstić information content (AvgIpc) is 2.92. The van der Waals surface area contributed by atoms with Gasteiger partial charge in [-0.3, -0.25) is 9.59 Å². The van der Waals surface area contributed by atoms with Crippen LogP contribution in [-0.2, 0) is 23.5 Å². The number of nitrogens with one attached hydrogen (secondary N) is 1. The lowest BCUT2D eigenvalue weighted by molar-refractivity contribution is -0.121. The number of nitrogens with zero attached hydrogens (tertiary/aromatic N) is 4. The first-order valence-corrected chi connectivity index (χ1v) is 14.5. The highest BCUT2D eigenvalue weighted by molar-refractivity contribution is 7.98. The van der Waals surface area contributed by atoms with Crippen molar-refractivity contribution in [1.29, 1.82) is 0 Å². The number of aromatic nitrogens is 4. The highest BCUT2D eigenvalue weighted by Gasteiger charge is 2.12. The first-order chi connectivity index (χ1) is 18.5. The smallest absolute Gasteiger partial charge is 0.277 e. The van der Waals surface area contributed by atoms with Gasteiger partial charge in [-0.2, -0.15) is 4.98 Å². The molecule has 0 unspecified atom stereocenters. The number of amides is 1. The molecule has 1 amide bonds. The fourth-order valence-corrected chi connectivity index (χ4v) is 4.99. The maximum absolute atomic E-state index is 13.3. The van der Waals surface area contributed by atoms with Gasteiger partial charge in [0.25, 0.3) is 5.56 Å². The summed E-state index contributed by atoms with van der Waals surface area (Å²) >= 11 is 1.42. The number of carbonyl (C=O) groups excluding carboxylic acids is 1. The number of carbonyl (C=O) groups is 1. The van der Waals surface area contributed by atoms with Gasteiger partial charge in [0.1, 0.15) is 11.6 Å². The van der Waals surface area contributed by atoms with Crippen molar-refractivity contribution in [3.8, 4) is 0 Å². The molecule has 1 aromatic carbocycles. The zero-order valence-corrected chi connectivity index (χ0v) is 23.0. The van der Waals surface area contributed by atoms with Gasteiger partial charge < -0.3 is 9.88 Å². The van der Waals surface area contributed by atoms with Gasteiger partial charge in [0, 0.05) is 55.8 Å². The third kappa shape index (κ3) is 10.7. The van der Waals surface area contributed by atoms with Crippen molar-refractivity contribution in [3.63, 3.8) is 0 Å². The van der Waals surface area contributed by atoms with Gasteiger partial charge in [0.15, 0.2) is 5.16 Å². The first kappa shape index (κ1) is 29.5. The molecule has 0 saturated carbocycles. The molecule has 0 atom stereocenters. The van der Waals surface area contributed by atoms with Crippen molar-refractivity contribution in [2.24, 2.45) is 0 Å². The largest absolute Gasteiger partial charge is 0.356 e. The number of rotatable bonds is 17. The van der Waals surface area contributed by atoms with E-state index < -0.39 is 0 Å². The summed E-state index contributed by atoms with van der Waals surface area (Å²) in [5, 5.41) is 3.59. The number of hydrogen-bond acceptors (Lipinski definition) is 6. The minimum absolute atomic E-state index is 0.0448. The molecule has 7 nitrogen and oxygen atoms in total. The molecule has 38 heavy (non-hydrogen) atoms. The molecule has 204 valence electrons. The molecule has 0 aliphatic heterocycles. The van der Waals surface area contributed by atoms with Crippen LogP contribution in [0.25, 0.3) is 0 Å². The van der Waals surface area contributed by atoms with Crippen LogP contribution in [0.2, 0.25) is 0 Å². The normalized spacial score (nSPS) is 11.0. The molecule has 1 N–H and O–H groups in total. The van der Waals surface area contributed by atoms with Crippen LogP contribution in [0.5, 0.6) is 0 Å². The quantitative estimate of drug-likeness (QED) is 0.134. The highest BCUT2D eigenvalue weighted by Crippen LogP contribution is 2.21. The van der Waals surface area contributed by atoms with Crippen LogP contribution in [0.4, 0.5) is 4.39 Å². The second-order valence-electron chi connectivity index (χ2n) is 9.38. The summed E-state index contributed by atoms with van der Waals surface area (Å²) in [5.41, 5.74) is 1.12. The van der Waals surface area contributed by atoms with Crippen LogP contribution < -0.4 is 10.9 Å². The van der Waals surface area contributed by atoms with Crippen LogP contribution in [0.3, 0.4) is 0 Å². The molecule has 0 saturated heterocycles. The third-order valence-corrected chi connectivity index (χ3v) is 7.25. The van der Waals surface area contributed by atoms with Crippen molar-refractivity contribution in [3.05, 3.63) is 82.0 Å². The van der Waals surface area contributed by atoms with Crippen molar-refractivity contribution < 1.29 is 9.18 Å². The lowest BCUT2D eigenvalue weighted by Gasteiger charge is -2.14. The summed E-state index contributed by atoms with van der Waals surface area (Å²) in [6.07, 6.45) is 14.9. The van der Waals surface area contributed by atoms with E-state index in [0.29, 0.717) is 48.2 Å². The Morgan fingerprint density at radius 1 is 1.00 bits per heavy atom. The van der Waals surface area contributed by atoms with Crippen molar-refractivity contribution in [2.45, 2.75) is 88.6 Å². The van der Waals surface area contributed by atoms with Crippen molar-refractivity contribution in [1.82, 2.24) is 24.8 Å². The first-order valence-electron chi connectivity index (χ1n) is 13.6. The number of unbranched alkanes of at least 4 members (excludes halogenated alkanes) is 6. The maximum atomic E-state index is 13.3. The van der Waals surface area contributed by atoms with Gasteiger partial charge in [0.05, 0.1) is 0 Å². The lowest BCUT2D eigenvalue weighted by Crippen LogP contribution is -2.25. The van der Waals surface area contributed by atoms with E-state index in [4.69, 9.17) is 0 Å². The minimum Gasteiger partial charge on any atom is -0.356 e. The standard InChI is InChI=1S/C29H38FN5O2S/c1-2-3-4-5-6-7-8-16-33-27(36)11-9-19-35-21-24(20-26-31-17-10-18-32-26)28(37)34-29(35)38-22-23-12-14-25(30)15-13-23/h10,12-15,17-18,21H,2-9,11,16,19-20,22H2,1H3,(H,33,36). The molecule has 0 radical (unpaired) electrons. The Morgan fingerprint density at radius 3 is 2.45 bits per heavy atom. The Labute approximate surface area is 228 Å². The van der Waals surface area contributed by atoms with Crippen LogP contribution in [0.15, 0.2) is 58.9 Å². The summed E-state index contributed by atoms with van der Waals surface area (Å²) in [4.78, 5) is 37.9. The number of hydrogen-bond donors (Lipinski definition) is 1. The van der Waals surface area contributed by atoms with E-state index in [0.717, 1.165) is 18.4 Å². The molecule has 0 spiro atoms. The summed E-state index contributed by atoms with van der Waals surface area (Å²) in [6.45, 7) is 3.48. The Morgan fingerprint density at radius 2 is 1.71 bits per heavy atom. The van der Waals surface area contributed by atoms with E-state index in [1.165, 1.54) is 56.0 Å². The summed E-state index contributed by atoms with van der Waals surface area (Å²) < 4.78 is 15.2. The van der Waals surface area contributed by atoms with Crippen LogP contribution >= 0.6 is 11.8 Å². The number of benzene rings is 1. The van der Waals surface area contributed by atoms with Crippen molar-refractivity contribution in [2.75, 3.05) is 6.54 Å². The fraction of sp³-hybridized carbons (Fsp3) is 0.483.